The molecule has 0 aromatic heterocycles. The van der Waals surface area contributed by atoms with Gasteiger partial charge in [-0.1, -0.05) is 11.6 Å². The number of hydrogen-bond donors (Lipinski definition) is 2. The molecule has 1 unspecified atom stereocenters. The Hall–Kier alpha value is -0.770. The summed E-state index contributed by atoms with van der Waals surface area (Å²) in [7, 11) is 1.81. The van der Waals surface area contributed by atoms with E-state index < -0.39 is 0 Å². The molecule has 1 aromatic carbocycles. The molecule has 0 aliphatic carbocycles. The minimum atomic E-state index is -0.0897. The Bertz CT molecular complexity index is 351. The van der Waals surface area contributed by atoms with E-state index in [0.29, 0.717) is 17.4 Å². The molecule has 1 aromatic rings. The fourth-order valence-electron chi connectivity index (χ4n) is 1.66. The van der Waals surface area contributed by atoms with Gasteiger partial charge in [0.15, 0.2) is 0 Å². The number of nitrogens with one attached hydrogen (secondary N) is 1. The van der Waals surface area contributed by atoms with Gasteiger partial charge in [0.25, 0.3) is 0 Å². The van der Waals surface area contributed by atoms with Crippen LogP contribution in [0.25, 0.3) is 0 Å². The van der Waals surface area contributed by atoms with E-state index in [4.69, 9.17) is 16.3 Å². The number of aliphatic hydroxyl groups is 1. The lowest BCUT2D eigenvalue weighted by Gasteiger charge is -2.18. The van der Waals surface area contributed by atoms with Crippen LogP contribution in [0, 0.1) is 6.92 Å². The molecule has 90 valence electrons. The molecule has 0 aliphatic rings. The lowest BCUT2D eigenvalue weighted by atomic mass is 10.0. The molecule has 0 amide bonds. The van der Waals surface area contributed by atoms with Crippen molar-refractivity contribution in [3.63, 3.8) is 0 Å². The number of aryl methyl sites for hydroxylation is 1. The number of likely N-dealkylation sites (N-methyl/N-ethyl adjacent to an activating group) is 1. The first-order chi connectivity index (χ1) is 7.63. The van der Waals surface area contributed by atoms with Crippen LogP contribution in [-0.2, 0) is 0 Å². The van der Waals surface area contributed by atoms with Gasteiger partial charge in [-0.2, -0.15) is 0 Å². The highest BCUT2D eigenvalue weighted by molar-refractivity contribution is 6.32. The molecular weight excluding hydrogens is 226 g/mol. The van der Waals surface area contributed by atoms with Gasteiger partial charge in [0.05, 0.1) is 24.3 Å². The topological polar surface area (TPSA) is 41.5 Å². The molecule has 0 saturated heterocycles. The zero-order valence-corrected chi connectivity index (χ0v) is 10.6. The van der Waals surface area contributed by atoms with Crippen molar-refractivity contribution in [2.45, 2.75) is 19.9 Å². The third-order valence-electron chi connectivity index (χ3n) is 2.53. The maximum atomic E-state index is 9.23. The van der Waals surface area contributed by atoms with Gasteiger partial charge in [-0.15, -0.1) is 0 Å². The maximum absolute atomic E-state index is 9.23. The van der Waals surface area contributed by atoms with Crippen LogP contribution in [0.3, 0.4) is 0 Å². The Morgan fingerprint density at radius 2 is 2.19 bits per heavy atom. The minimum absolute atomic E-state index is 0.0433. The molecule has 0 spiro atoms. The molecule has 0 heterocycles. The van der Waals surface area contributed by atoms with Crippen LogP contribution in [0.4, 0.5) is 0 Å². The van der Waals surface area contributed by atoms with E-state index in [1.165, 1.54) is 0 Å². The van der Waals surface area contributed by atoms with Crippen molar-refractivity contribution in [3.8, 4) is 5.75 Å². The highest BCUT2D eigenvalue weighted by Crippen LogP contribution is 2.30. The Morgan fingerprint density at radius 1 is 1.50 bits per heavy atom. The predicted molar refractivity (Wildman–Crippen MR) is 66.2 cm³/mol. The molecule has 0 aliphatic heterocycles. The Morgan fingerprint density at radius 3 is 2.69 bits per heavy atom. The Kier molecular flexibility index (Phi) is 5.06. The normalized spacial score (nSPS) is 12.6. The summed E-state index contributed by atoms with van der Waals surface area (Å²) in [6, 6.07) is 3.66. The average Bonchev–Trinajstić information content (AvgIpc) is 2.26. The van der Waals surface area contributed by atoms with Gasteiger partial charge in [0.2, 0.25) is 0 Å². The van der Waals surface area contributed by atoms with Crippen LogP contribution in [-0.4, -0.2) is 25.4 Å². The zero-order valence-electron chi connectivity index (χ0n) is 9.88. The molecule has 2 N–H and O–H groups in total. The summed E-state index contributed by atoms with van der Waals surface area (Å²) >= 11 is 6.10. The SMILES string of the molecule is CCOc1cc(C)c(C(CO)NC)cc1Cl. The molecule has 0 radical (unpaired) electrons. The van der Waals surface area contributed by atoms with E-state index in [1.807, 2.05) is 33.0 Å². The number of hydrogen-bond acceptors (Lipinski definition) is 3. The van der Waals surface area contributed by atoms with Crippen molar-refractivity contribution < 1.29 is 9.84 Å². The second-order valence-corrected chi connectivity index (χ2v) is 4.00. The van der Waals surface area contributed by atoms with E-state index >= 15 is 0 Å². The van der Waals surface area contributed by atoms with Crippen LogP contribution in [0.5, 0.6) is 5.75 Å². The van der Waals surface area contributed by atoms with Gasteiger partial charge in [0.1, 0.15) is 5.75 Å². The molecule has 1 atom stereocenters. The first-order valence-electron chi connectivity index (χ1n) is 5.35. The summed E-state index contributed by atoms with van der Waals surface area (Å²) in [5.74, 6) is 0.693. The van der Waals surface area contributed by atoms with Crippen LogP contribution in [0.1, 0.15) is 24.1 Å². The summed E-state index contributed by atoms with van der Waals surface area (Å²) in [5.41, 5.74) is 2.06. The molecule has 4 heteroatoms. The molecule has 0 bridgehead atoms. The number of halogens is 1. The van der Waals surface area contributed by atoms with Crippen molar-refractivity contribution >= 4 is 11.6 Å². The van der Waals surface area contributed by atoms with E-state index in [1.54, 1.807) is 0 Å². The second kappa shape index (κ2) is 6.09. The molecule has 0 fully saturated rings. The first-order valence-corrected chi connectivity index (χ1v) is 5.72. The van der Waals surface area contributed by atoms with Crippen molar-refractivity contribution in [2.75, 3.05) is 20.3 Å². The van der Waals surface area contributed by atoms with Gasteiger partial charge in [-0.3, -0.25) is 0 Å². The number of rotatable bonds is 5. The van der Waals surface area contributed by atoms with Crippen molar-refractivity contribution in [1.82, 2.24) is 5.32 Å². The zero-order chi connectivity index (χ0) is 12.1. The highest BCUT2D eigenvalue weighted by atomic mass is 35.5. The van der Waals surface area contributed by atoms with Gasteiger partial charge in [-0.05, 0) is 44.2 Å². The minimum Gasteiger partial charge on any atom is -0.492 e. The van der Waals surface area contributed by atoms with E-state index in [0.717, 1.165) is 11.1 Å². The van der Waals surface area contributed by atoms with Gasteiger partial charge >= 0.3 is 0 Å². The third kappa shape index (κ3) is 2.88. The smallest absolute Gasteiger partial charge is 0.138 e. The van der Waals surface area contributed by atoms with Crippen LogP contribution in [0.15, 0.2) is 12.1 Å². The number of aliphatic hydroxyl groups excluding tert-OH is 1. The van der Waals surface area contributed by atoms with Gasteiger partial charge < -0.3 is 15.2 Å². The predicted octanol–water partition coefficient (Wildman–Crippen LogP) is 2.30. The lowest BCUT2D eigenvalue weighted by molar-refractivity contribution is 0.250. The second-order valence-electron chi connectivity index (χ2n) is 3.60. The standard InChI is InChI=1S/C12H18ClNO2/c1-4-16-12-5-8(2)9(6-10(12)13)11(7-15)14-3/h5-6,11,14-15H,4,7H2,1-3H3. The van der Waals surface area contributed by atoms with Gasteiger partial charge in [-0.25, -0.2) is 0 Å². The highest BCUT2D eigenvalue weighted by Gasteiger charge is 2.13. The maximum Gasteiger partial charge on any atom is 0.138 e. The quantitative estimate of drug-likeness (QED) is 0.834. The van der Waals surface area contributed by atoms with Gasteiger partial charge in [0, 0.05) is 0 Å². The third-order valence-corrected chi connectivity index (χ3v) is 2.82. The van der Waals surface area contributed by atoms with E-state index in [9.17, 15) is 5.11 Å². The molecule has 1 rings (SSSR count). The number of benzene rings is 1. The molecule has 0 saturated carbocycles. The first kappa shape index (κ1) is 13.3. The molecular formula is C12H18ClNO2. The summed E-state index contributed by atoms with van der Waals surface area (Å²) in [4.78, 5) is 0. The largest absolute Gasteiger partial charge is 0.492 e. The fraction of sp³-hybridized carbons (Fsp3) is 0.500. The summed E-state index contributed by atoms with van der Waals surface area (Å²) in [5, 5.41) is 12.8. The summed E-state index contributed by atoms with van der Waals surface area (Å²) < 4.78 is 5.40. The summed E-state index contributed by atoms with van der Waals surface area (Å²) in [6.07, 6.45) is 0. The monoisotopic (exact) mass is 243 g/mol. The molecule has 3 nitrogen and oxygen atoms in total. The van der Waals surface area contributed by atoms with Crippen LogP contribution < -0.4 is 10.1 Å². The summed E-state index contributed by atoms with van der Waals surface area (Å²) in [6.45, 7) is 4.54. The van der Waals surface area contributed by atoms with Crippen molar-refractivity contribution in [3.05, 3.63) is 28.3 Å². The van der Waals surface area contributed by atoms with E-state index in [-0.39, 0.29) is 12.6 Å². The fourth-order valence-corrected chi connectivity index (χ4v) is 1.88. The Balaban J connectivity index is 3.08. The van der Waals surface area contributed by atoms with Crippen LogP contribution >= 0.6 is 11.6 Å². The van der Waals surface area contributed by atoms with Crippen molar-refractivity contribution in [2.24, 2.45) is 0 Å². The lowest BCUT2D eigenvalue weighted by Crippen LogP contribution is -2.20. The van der Waals surface area contributed by atoms with Crippen molar-refractivity contribution in [1.29, 1.82) is 0 Å². The number of ether oxygens (including phenoxy) is 1. The average molecular weight is 244 g/mol. The Labute approximate surface area is 101 Å². The van der Waals surface area contributed by atoms with E-state index in [2.05, 4.69) is 5.32 Å². The molecule has 16 heavy (non-hydrogen) atoms. The van der Waals surface area contributed by atoms with Crippen LogP contribution in [0.2, 0.25) is 5.02 Å².